The molecule has 3 atom stereocenters. The highest BCUT2D eigenvalue weighted by Gasteiger charge is 2.50. The van der Waals surface area contributed by atoms with Gasteiger partial charge in [0, 0.05) is 13.0 Å². The fourth-order valence-electron chi connectivity index (χ4n) is 6.61. The SMILES string of the molecule is CC(C)(O)c1cnnn1[C@H]1C[C@@H](C(=O)NC2(C(=O)C(N)=O)CCS(=O)(=O)CC2)N(C(=O)C(CC2CCCCC2)NC(=O)O)C1. The van der Waals surface area contributed by atoms with Crippen molar-refractivity contribution in [1.29, 1.82) is 0 Å². The van der Waals surface area contributed by atoms with Gasteiger partial charge in [-0.3, -0.25) is 19.2 Å². The number of nitrogens with zero attached hydrogens (tertiary/aromatic N) is 4. The van der Waals surface area contributed by atoms with Crippen molar-refractivity contribution in [2.75, 3.05) is 18.1 Å². The van der Waals surface area contributed by atoms with Crippen molar-refractivity contribution in [3.05, 3.63) is 11.9 Å². The molecule has 0 bridgehead atoms. The van der Waals surface area contributed by atoms with E-state index in [1.54, 1.807) is 0 Å². The van der Waals surface area contributed by atoms with Crippen molar-refractivity contribution in [3.63, 3.8) is 0 Å². The van der Waals surface area contributed by atoms with Crippen LogP contribution in [0.15, 0.2) is 6.20 Å². The van der Waals surface area contributed by atoms with Gasteiger partial charge in [-0.2, -0.15) is 0 Å². The summed E-state index contributed by atoms with van der Waals surface area (Å²) >= 11 is 0. The zero-order valence-corrected chi connectivity index (χ0v) is 25.7. The Hall–Kier alpha value is -3.60. The third-order valence-electron chi connectivity index (χ3n) is 9.00. The lowest BCUT2D eigenvalue weighted by Crippen LogP contribution is -2.64. The third kappa shape index (κ3) is 7.36. The molecule has 2 saturated heterocycles. The lowest BCUT2D eigenvalue weighted by Gasteiger charge is -2.37. The molecule has 0 radical (unpaired) electrons. The largest absolute Gasteiger partial charge is 0.465 e. The van der Waals surface area contributed by atoms with E-state index in [4.69, 9.17) is 5.73 Å². The highest BCUT2D eigenvalue weighted by atomic mass is 32.2. The molecule has 1 saturated carbocycles. The number of nitrogens with one attached hydrogen (secondary N) is 2. The fourth-order valence-corrected chi connectivity index (χ4v) is 8.13. The molecule has 4 rings (SSSR count). The number of aliphatic hydroxyl groups is 1. The number of hydrogen-bond donors (Lipinski definition) is 5. The van der Waals surface area contributed by atoms with Gasteiger partial charge in [0.2, 0.25) is 17.6 Å². The molecule has 16 nitrogen and oxygen atoms in total. The summed E-state index contributed by atoms with van der Waals surface area (Å²) in [5.41, 5.74) is 2.34. The Morgan fingerprint density at radius 3 is 2.34 bits per heavy atom. The average Bonchev–Trinajstić information content (AvgIpc) is 3.61. The Balaban J connectivity index is 1.68. The van der Waals surface area contributed by atoms with E-state index in [2.05, 4.69) is 20.9 Å². The second-order valence-electron chi connectivity index (χ2n) is 12.7. The first-order chi connectivity index (χ1) is 20.5. The van der Waals surface area contributed by atoms with E-state index in [0.29, 0.717) is 5.69 Å². The first-order valence-corrected chi connectivity index (χ1v) is 16.6. The van der Waals surface area contributed by atoms with Gasteiger partial charge in [0.15, 0.2) is 9.84 Å². The van der Waals surface area contributed by atoms with E-state index in [0.717, 1.165) is 32.1 Å². The fraction of sp³-hybridized carbons (Fsp3) is 0.741. The van der Waals surface area contributed by atoms with Gasteiger partial charge in [-0.05, 0) is 39.0 Å². The van der Waals surface area contributed by atoms with Crippen LogP contribution in [0.1, 0.15) is 83.4 Å². The summed E-state index contributed by atoms with van der Waals surface area (Å²) in [6.07, 6.45) is 4.08. The second kappa shape index (κ2) is 12.8. The van der Waals surface area contributed by atoms with Crippen LogP contribution in [-0.2, 0) is 34.6 Å². The molecule has 244 valence electrons. The summed E-state index contributed by atoms with van der Waals surface area (Å²) in [5, 5.41) is 33.1. The molecule has 1 aliphatic carbocycles. The lowest BCUT2D eigenvalue weighted by atomic mass is 9.84. The lowest BCUT2D eigenvalue weighted by molar-refractivity contribution is -0.145. The smallest absolute Gasteiger partial charge is 0.405 e. The number of hydrogen-bond acceptors (Lipinski definition) is 10. The van der Waals surface area contributed by atoms with Crippen LogP contribution in [0, 0.1) is 5.92 Å². The standard InChI is InChI=1S/C27H41N7O9S/c1-26(2,41)20-14-29-32-34(20)17-13-19(23(37)31-27(21(35)22(28)36)8-10-44(42,43)11-9-27)33(15-17)24(38)18(30-25(39)40)12-16-6-4-3-5-7-16/h14,16-19,30,41H,3-13,15H2,1-2H3,(H2,28,36)(H,31,37)(H,39,40)/t17-,18?,19-/m0/s1. The van der Waals surface area contributed by atoms with E-state index in [9.17, 15) is 42.6 Å². The Morgan fingerprint density at radius 1 is 1.14 bits per heavy atom. The quantitative estimate of drug-likeness (QED) is 0.202. The molecule has 1 aromatic heterocycles. The van der Waals surface area contributed by atoms with Gasteiger partial charge in [0.05, 0.1) is 29.4 Å². The third-order valence-corrected chi connectivity index (χ3v) is 10.7. The molecule has 0 spiro atoms. The van der Waals surface area contributed by atoms with Crippen LogP contribution in [0.2, 0.25) is 0 Å². The topological polar surface area (TPSA) is 244 Å². The monoisotopic (exact) mass is 639 g/mol. The van der Waals surface area contributed by atoms with E-state index in [-0.39, 0.29) is 38.1 Å². The Labute approximate surface area is 255 Å². The summed E-state index contributed by atoms with van der Waals surface area (Å²) < 4.78 is 25.7. The number of carbonyl (C=O) groups is 5. The van der Waals surface area contributed by atoms with Gasteiger partial charge in [-0.25, -0.2) is 17.9 Å². The number of ketones is 1. The van der Waals surface area contributed by atoms with Crippen molar-refractivity contribution in [2.45, 2.75) is 101 Å². The van der Waals surface area contributed by atoms with Crippen LogP contribution in [0.3, 0.4) is 0 Å². The number of amides is 4. The summed E-state index contributed by atoms with van der Waals surface area (Å²) in [7, 11) is -3.51. The first kappa shape index (κ1) is 33.3. The van der Waals surface area contributed by atoms with Gasteiger partial charge in [-0.1, -0.05) is 37.3 Å². The predicted molar refractivity (Wildman–Crippen MR) is 154 cm³/mol. The molecular weight excluding hydrogens is 598 g/mol. The van der Waals surface area contributed by atoms with Crippen LogP contribution < -0.4 is 16.4 Å². The molecule has 4 amide bonds. The van der Waals surface area contributed by atoms with Crippen molar-refractivity contribution in [2.24, 2.45) is 11.7 Å². The Bertz CT molecular complexity index is 1380. The van der Waals surface area contributed by atoms with Gasteiger partial charge >= 0.3 is 6.09 Å². The highest BCUT2D eigenvalue weighted by Crippen LogP contribution is 2.34. The molecule has 1 unspecified atom stereocenters. The minimum Gasteiger partial charge on any atom is -0.465 e. The molecule has 6 N–H and O–H groups in total. The van der Waals surface area contributed by atoms with E-state index in [1.807, 2.05) is 0 Å². The van der Waals surface area contributed by atoms with Crippen LogP contribution >= 0.6 is 0 Å². The van der Waals surface area contributed by atoms with Gasteiger partial charge in [-0.15, -0.1) is 5.10 Å². The van der Waals surface area contributed by atoms with Crippen molar-refractivity contribution >= 4 is 39.4 Å². The number of rotatable bonds is 10. The summed E-state index contributed by atoms with van der Waals surface area (Å²) in [6.45, 7) is 2.95. The molecule has 0 aromatic carbocycles. The van der Waals surface area contributed by atoms with E-state index < -0.39 is 80.2 Å². The van der Waals surface area contributed by atoms with Gasteiger partial charge in [0.25, 0.3) is 5.91 Å². The van der Waals surface area contributed by atoms with Crippen LogP contribution in [0.4, 0.5) is 4.79 Å². The normalized spacial score (nSPS) is 24.3. The molecule has 2 aliphatic heterocycles. The molecule has 1 aromatic rings. The summed E-state index contributed by atoms with van der Waals surface area (Å²) in [5.74, 6) is -4.76. The Morgan fingerprint density at radius 2 is 1.77 bits per heavy atom. The maximum absolute atomic E-state index is 14.1. The van der Waals surface area contributed by atoms with E-state index >= 15 is 0 Å². The highest BCUT2D eigenvalue weighted by molar-refractivity contribution is 7.91. The number of carbonyl (C=O) groups excluding carboxylic acids is 4. The summed E-state index contributed by atoms with van der Waals surface area (Å²) in [4.78, 5) is 65.9. The summed E-state index contributed by atoms with van der Waals surface area (Å²) in [6, 6.07) is -3.09. The minimum atomic E-state index is -3.51. The van der Waals surface area contributed by atoms with Crippen molar-refractivity contribution in [3.8, 4) is 0 Å². The number of nitrogens with two attached hydrogens (primary N) is 1. The van der Waals surface area contributed by atoms with Crippen LogP contribution in [0.25, 0.3) is 0 Å². The molecule has 3 heterocycles. The van der Waals surface area contributed by atoms with Crippen molar-refractivity contribution in [1.82, 2.24) is 30.5 Å². The average molecular weight is 640 g/mol. The molecule has 3 aliphatic rings. The number of sulfone groups is 1. The number of aromatic nitrogens is 3. The van der Waals surface area contributed by atoms with Gasteiger partial charge < -0.3 is 31.5 Å². The molecule has 17 heteroatoms. The number of Topliss-reactive ketones (excluding diaryl/α,β-unsaturated/α-hetero) is 1. The number of primary amides is 1. The minimum absolute atomic E-state index is 0.0492. The second-order valence-corrected chi connectivity index (χ2v) is 15.0. The number of likely N-dealkylation sites (tertiary alicyclic amines) is 1. The maximum Gasteiger partial charge on any atom is 0.405 e. The van der Waals surface area contributed by atoms with Gasteiger partial charge in [0.1, 0.15) is 23.2 Å². The Kier molecular flexibility index (Phi) is 9.68. The van der Waals surface area contributed by atoms with Crippen LogP contribution in [0.5, 0.6) is 0 Å². The molecule has 44 heavy (non-hydrogen) atoms. The van der Waals surface area contributed by atoms with Crippen molar-refractivity contribution < 1.29 is 42.6 Å². The maximum atomic E-state index is 14.1. The van der Waals surface area contributed by atoms with Crippen LogP contribution in [-0.4, -0.2) is 104 Å². The van der Waals surface area contributed by atoms with E-state index in [1.165, 1.54) is 29.6 Å². The zero-order chi connectivity index (χ0) is 32.4. The predicted octanol–water partition coefficient (Wildman–Crippen LogP) is -0.628. The number of carboxylic acid groups (broad SMARTS) is 1. The zero-order valence-electron chi connectivity index (χ0n) is 24.9. The molecule has 3 fully saturated rings. The molecular formula is C27H41N7O9S. The first-order valence-electron chi connectivity index (χ1n) is 14.8.